The number of esters is 2. The molecular weight excluding hydrogens is 290 g/mol. The third kappa shape index (κ3) is 4.28. The molecule has 1 rings (SSSR count). The van der Waals surface area contributed by atoms with Crippen LogP contribution in [0.5, 0.6) is 0 Å². The Hall–Kier alpha value is -2.44. The second-order valence-electron chi connectivity index (χ2n) is 4.59. The number of rotatable bonds is 7. The molecule has 0 spiro atoms. The second-order valence-corrected chi connectivity index (χ2v) is 4.59. The van der Waals surface area contributed by atoms with Crippen LogP contribution >= 0.6 is 0 Å². The van der Waals surface area contributed by atoms with E-state index in [0.29, 0.717) is 11.1 Å². The van der Waals surface area contributed by atoms with Crippen LogP contribution in [0.4, 0.5) is 5.69 Å². The largest absolute Gasteiger partial charge is 0.465 e. The molecule has 0 bridgehead atoms. The minimum atomic E-state index is -1.21. The van der Waals surface area contributed by atoms with E-state index in [-0.39, 0.29) is 25.3 Å². The van der Waals surface area contributed by atoms with E-state index in [1.807, 2.05) is 0 Å². The predicted octanol–water partition coefficient (Wildman–Crippen LogP) is 2.19. The summed E-state index contributed by atoms with van der Waals surface area (Å²) in [6.07, 6.45) is -0.124. The van der Waals surface area contributed by atoms with Crippen LogP contribution in [0.15, 0.2) is 18.2 Å². The summed E-state index contributed by atoms with van der Waals surface area (Å²) in [5.74, 6) is -2.68. The fourth-order valence-corrected chi connectivity index (χ4v) is 2.08. The van der Waals surface area contributed by atoms with Gasteiger partial charge in [-0.05, 0) is 26.3 Å². The maximum atomic E-state index is 12.0. The number of carbonyl (C=O) groups is 2. The number of nitro benzene ring substituents is 1. The zero-order chi connectivity index (χ0) is 16.7. The Morgan fingerprint density at radius 3 is 2.18 bits per heavy atom. The molecule has 0 aliphatic rings. The Bertz CT molecular complexity index is 551. The quantitative estimate of drug-likeness (QED) is 0.331. The van der Waals surface area contributed by atoms with Gasteiger partial charge in [0.25, 0.3) is 5.69 Å². The topological polar surface area (TPSA) is 95.7 Å². The van der Waals surface area contributed by atoms with Crippen molar-refractivity contribution in [3.63, 3.8) is 0 Å². The Labute approximate surface area is 128 Å². The first-order chi connectivity index (χ1) is 10.4. The molecule has 0 heterocycles. The summed E-state index contributed by atoms with van der Waals surface area (Å²) in [4.78, 5) is 34.5. The zero-order valence-electron chi connectivity index (χ0n) is 12.8. The Balaban J connectivity index is 3.16. The van der Waals surface area contributed by atoms with Gasteiger partial charge in [0.15, 0.2) is 5.92 Å². The average molecular weight is 309 g/mol. The highest BCUT2D eigenvalue weighted by molar-refractivity contribution is 5.95. The summed E-state index contributed by atoms with van der Waals surface area (Å²) in [7, 11) is 0. The van der Waals surface area contributed by atoms with Crippen molar-refractivity contribution >= 4 is 17.6 Å². The third-order valence-electron chi connectivity index (χ3n) is 3.13. The number of hydrogen-bond donors (Lipinski definition) is 0. The molecule has 0 unspecified atom stereocenters. The van der Waals surface area contributed by atoms with E-state index >= 15 is 0 Å². The van der Waals surface area contributed by atoms with Gasteiger partial charge in [0.05, 0.1) is 18.1 Å². The molecule has 0 aliphatic heterocycles. The third-order valence-corrected chi connectivity index (χ3v) is 3.13. The summed E-state index contributed by atoms with van der Waals surface area (Å²) < 4.78 is 9.75. The number of ether oxygens (including phenoxy) is 2. The smallest absolute Gasteiger partial charge is 0.320 e. The van der Waals surface area contributed by atoms with E-state index in [1.54, 1.807) is 32.9 Å². The number of hydrogen-bond acceptors (Lipinski definition) is 6. The van der Waals surface area contributed by atoms with Gasteiger partial charge in [-0.1, -0.05) is 12.1 Å². The highest BCUT2D eigenvalue weighted by Crippen LogP contribution is 2.26. The Kier molecular flexibility index (Phi) is 6.49. The van der Waals surface area contributed by atoms with Gasteiger partial charge in [0.1, 0.15) is 0 Å². The van der Waals surface area contributed by atoms with Gasteiger partial charge >= 0.3 is 11.9 Å². The van der Waals surface area contributed by atoms with E-state index in [0.717, 1.165) is 0 Å². The van der Waals surface area contributed by atoms with Gasteiger partial charge in [0, 0.05) is 18.1 Å². The maximum Gasteiger partial charge on any atom is 0.320 e. The standard InChI is InChI=1S/C15H19NO6/c1-4-21-14(17)12(15(18)22-5-2)9-11-10(3)7-6-8-13(11)16(19)20/h6-8,12H,4-5,9H2,1-3H3. The predicted molar refractivity (Wildman–Crippen MR) is 78.3 cm³/mol. The minimum absolute atomic E-state index is 0.116. The molecule has 0 amide bonds. The summed E-state index contributed by atoms with van der Waals surface area (Å²) >= 11 is 0. The van der Waals surface area contributed by atoms with Crippen molar-refractivity contribution in [3.8, 4) is 0 Å². The van der Waals surface area contributed by atoms with E-state index in [9.17, 15) is 19.7 Å². The normalized spacial score (nSPS) is 10.4. The molecule has 0 radical (unpaired) electrons. The lowest BCUT2D eigenvalue weighted by molar-refractivity contribution is -0.385. The molecular formula is C15H19NO6. The summed E-state index contributed by atoms with van der Waals surface area (Å²) in [6, 6.07) is 4.59. The van der Waals surface area contributed by atoms with Gasteiger partial charge in [0.2, 0.25) is 0 Å². The molecule has 120 valence electrons. The number of carbonyl (C=O) groups excluding carboxylic acids is 2. The first-order valence-corrected chi connectivity index (χ1v) is 6.98. The van der Waals surface area contributed by atoms with Crippen molar-refractivity contribution < 1.29 is 24.0 Å². The molecule has 22 heavy (non-hydrogen) atoms. The average Bonchev–Trinajstić information content (AvgIpc) is 2.45. The van der Waals surface area contributed by atoms with E-state index in [4.69, 9.17) is 9.47 Å². The van der Waals surface area contributed by atoms with Crippen molar-refractivity contribution in [2.45, 2.75) is 27.2 Å². The molecule has 0 atom stereocenters. The van der Waals surface area contributed by atoms with Crippen molar-refractivity contribution in [2.24, 2.45) is 5.92 Å². The maximum absolute atomic E-state index is 12.0. The molecule has 7 nitrogen and oxygen atoms in total. The van der Waals surface area contributed by atoms with Gasteiger partial charge in [-0.2, -0.15) is 0 Å². The molecule has 0 saturated carbocycles. The van der Waals surface area contributed by atoms with E-state index in [1.165, 1.54) is 6.07 Å². The lowest BCUT2D eigenvalue weighted by Crippen LogP contribution is -2.30. The molecule has 0 aromatic heterocycles. The molecule has 0 aliphatic carbocycles. The SMILES string of the molecule is CCOC(=O)C(Cc1c(C)cccc1[N+](=O)[O-])C(=O)OCC. The highest BCUT2D eigenvalue weighted by Gasteiger charge is 2.32. The van der Waals surface area contributed by atoms with Crippen LogP contribution in [0.2, 0.25) is 0 Å². The van der Waals surface area contributed by atoms with Crippen LogP contribution in [-0.2, 0) is 25.5 Å². The summed E-state index contributed by atoms with van der Waals surface area (Å²) in [5, 5.41) is 11.1. The molecule has 1 aromatic carbocycles. The zero-order valence-corrected chi connectivity index (χ0v) is 12.8. The lowest BCUT2D eigenvalue weighted by atomic mass is 9.94. The monoisotopic (exact) mass is 309 g/mol. The number of benzene rings is 1. The molecule has 0 N–H and O–H groups in total. The van der Waals surface area contributed by atoms with Crippen LogP contribution in [0.25, 0.3) is 0 Å². The molecule has 0 fully saturated rings. The van der Waals surface area contributed by atoms with Crippen molar-refractivity contribution in [1.82, 2.24) is 0 Å². The minimum Gasteiger partial charge on any atom is -0.465 e. The number of aryl methyl sites for hydroxylation is 1. The van der Waals surface area contributed by atoms with Gasteiger partial charge in [-0.3, -0.25) is 19.7 Å². The summed E-state index contributed by atoms with van der Waals surface area (Å²) in [6.45, 7) is 5.16. The van der Waals surface area contributed by atoms with Crippen molar-refractivity contribution in [2.75, 3.05) is 13.2 Å². The van der Waals surface area contributed by atoms with Crippen LogP contribution < -0.4 is 0 Å². The van der Waals surface area contributed by atoms with Crippen molar-refractivity contribution in [1.29, 1.82) is 0 Å². The van der Waals surface area contributed by atoms with Crippen LogP contribution in [0.1, 0.15) is 25.0 Å². The first kappa shape index (κ1) is 17.6. The van der Waals surface area contributed by atoms with Gasteiger partial charge < -0.3 is 9.47 Å². The van der Waals surface area contributed by atoms with Gasteiger partial charge in [-0.25, -0.2) is 0 Å². The fourth-order valence-electron chi connectivity index (χ4n) is 2.08. The Morgan fingerprint density at radius 1 is 1.18 bits per heavy atom. The van der Waals surface area contributed by atoms with E-state index < -0.39 is 22.8 Å². The first-order valence-electron chi connectivity index (χ1n) is 6.98. The molecule has 1 aromatic rings. The van der Waals surface area contributed by atoms with Crippen LogP contribution in [0.3, 0.4) is 0 Å². The number of nitro groups is 1. The second kappa shape index (κ2) is 8.11. The highest BCUT2D eigenvalue weighted by atomic mass is 16.6. The lowest BCUT2D eigenvalue weighted by Gasteiger charge is -2.15. The van der Waals surface area contributed by atoms with Crippen molar-refractivity contribution in [3.05, 3.63) is 39.4 Å². The van der Waals surface area contributed by atoms with Crippen LogP contribution in [0, 0.1) is 23.0 Å². The van der Waals surface area contributed by atoms with Crippen LogP contribution in [-0.4, -0.2) is 30.1 Å². The van der Waals surface area contributed by atoms with E-state index in [2.05, 4.69) is 0 Å². The number of nitrogens with zero attached hydrogens (tertiary/aromatic N) is 1. The summed E-state index contributed by atoms with van der Waals surface area (Å²) in [5.41, 5.74) is 0.838. The fraction of sp³-hybridized carbons (Fsp3) is 0.467. The Morgan fingerprint density at radius 2 is 1.73 bits per heavy atom. The van der Waals surface area contributed by atoms with Gasteiger partial charge in [-0.15, -0.1) is 0 Å². The molecule has 7 heteroatoms. The molecule has 0 saturated heterocycles.